The van der Waals surface area contributed by atoms with Gasteiger partial charge in [0.2, 0.25) is 11.8 Å². The van der Waals surface area contributed by atoms with Gasteiger partial charge in [-0.05, 0) is 36.6 Å². The second-order valence-electron chi connectivity index (χ2n) is 4.69. The lowest BCUT2D eigenvalue weighted by molar-refractivity contribution is -0.131. The zero-order valence-corrected chi connectivity index (χ0v) is 11.1. The Morgan fingerprint density at radius 2 is 1.90 bits per heavy atom. The Bertz CT molecular complexity index is 588. The van der Waals surface area contributed by atoms with Crippen molar-refractivity contribution in [3.05, 3.63) is 35.4 Å². The molecule has 1 aromatic rings. The fourth-order valence-electron chi connectivity index (χ4n) is 2.16. The molecule has 1 aliphatic heterocycles. The third kappa shape index (κ3) is 2.93. The number of anilines is 1. The van der Waals surface area contributed by atoms with Crippen molar-refractivity contribution >= 4 is 29.5 Å². The number of piperidine rings is 1. The third-order valence-electron chi connectivity index (χ3n) is 3.17. The van der Waals surface area contributed by atoms with Crippen LogP contribution in [0.3, 0.4) is 0 Å². The van der Waals surface area contributed by atoms with Gasteiger partial charge in [-0.1, -0.05) is 12.1 Å². The molecule has 1 saturated heterocycles. The number of imide groups is 1. The van der Waals surface area contributed by atoms with Crippen molar-refractivity contribution in [1.29, 1.82) is 0 Å². The summed E-state index contributed by atoms with van der Waals surface area (Å²) in [7, 11) is 0. The Labute approximate surface area is 116 Å². The largest absolute Gasteiger partial charge is 0.478 e. The van der Waals surface area contributed by atoms with E-state index in [0.717, 1.165) is 11.6 Å². The van der Waals surface area contributed by atoms with E-state index >= 15 is 0 Å². The molecule has 0 atom stereocenters. The van der Waals surface area contributed by atoms with Crippen LogP contribution in [-0.2, 0) is 14.4 Å². The molecular formula is C15H15NO4. The molecule has 0 aliphatic carbocycles. The average Bonchev–Trinajstić information content (AvgIpc) is 2.39. The van der Waals surface area contributed by atoms with E-state index in [1.165, 1.54) is 11.0 Å². The van der Waals surface area contributed by atoms with Crippen LogP contribution in [0.2, 0.25) is 0 Å². The van der Waals surface area contributed by atoms with Crippen molar-refractivity contribution < 1.29 is 19.5 Å². The number of carbonyl (C=O) groups excluding carboxylic acids is 2. The van der Waals surface area contributed by atoms with E-state index in [1.54, 1.807) is 18.2 Å². The fourth-order valence-corrected chi connectivity index (χ4v) is 2.16. The molecule has 1 aliphatic rings. The van der Waals surface area contributed by atoms with Crippen LogP contribution < -0.4 is 4.90 Å². The van der Waals surface area contributed by atoms with Crippen molar-refractivity contribution in [1.82, 2.24) is 0 Å². The maximum Gasteiger partial charge on any atom is 0.328 e. The zero-order chi connectivity index (χ0) is 14.7. The number of aliphatic carboxylic acids is 1. The number of carboxylic acids is 1. The monoisotopic (exact) mass is 273 g/mol. The summed E-state index contributed by atoms with van der Waals surface area (Å²) in [6.45, 7) is 1.81. The molecule has 5 heteroatoms. The predicted molar refractivity (Wildman–Crippen MR) is 74.2 cm³/mol. The van der Waals surface area contributed by atoms with Crippen LogP contribution in [0.15, 0.2) is 24.3 Å². The summed E-state index contributed by atoms with van der Waals surface area (Å²) in [5.41, 5.74) is 1.98. The average molecular weight is 273 g/mol. The third-order valence-corrected chi connectivity index (χ3v) is 3.17. The SMILES string of the molecule is Cc1ccc(C=CC(=O)O)cc1N1C(=O)CCCC1=O. The van der Waals surface area contributed by atoms with Gasteiger partial charge in [0.25, 0.3) is 0 Å². The first-order valence-electron chi connectivity index (χ1n) is 6.36. The molecule has 0 radical (unpaired) electrons. The molecule has 0 saturated carbocycles. The van der Waals surface area contributed by atoms with Gasteiger partial charge in [-0.25, -0.2) is 4.79 Å². The van der Waals surface area contributed by atoms with Crippen molar-refractivity contribution in [2.45, 2.75) is 26.2 Å². The van der Waals surface area contributed by atoms with E-state index in [4.69, 9.17) is 5.11 Å². The van der Waals surface area contributed by atoms with Crippen molar-refractivity contribution in [3.8, 4) is 0 Å². The smallest absolute Gasteiger partial charge is 0.328 e. The molecule has 0 bridgehead atoms. The molecule has 20 heavy (non-hydrogen) atoms. The maximum absolute atomic E-state index is 11.9. The second-order valence-corrected chi connectivity index (χ2v) is 4.69. The van der Waals surface area contributed by atoms with E-state index in [9.17, 15) is 14.4 Å². The van der Waals surface area contributed by atoms with E-state index in [0.29, 0.717) is 30.5 Å². The number of rotatable bonds is 3. The minimum absolute atomic E-state index is 0.205. The number of hydrogen-bond acceptors (Lipinski definition) is 3. The summed E-state index contributed by atoms with van der Waals surface area (Å²) in [6.07, 6.45) is 3.77. The number of carboxylic acid groups (broad SMARTS) is 1. The minimum Gasteiger partial charge on any atom is -0.478 e. The molecule has 5 nitrogen and oxygen atoms in total. The van der Waals surface area contributed by atoms with Gasteiger partial charge >= 0.3 is 5.97 Å². The topological polar surface area (TPSA) is 74.7 Å². The van der Waals surface area contributed by atoms with Crippen LogP contribution in [-0.4, -0.2) is 22.9 Å². The summed E-state index contributed by atoms with van der Waals surface area (Å²) in [6, 6.07) is 5.18. The number of aryl methyl sites for hydroxylation is 1. The highest BCUT2D eigenvalue weighted by Gasteiger charge is 2.28. The second kappa shape index (κ2) is 5.69. The lowest BCUT2D eigenvalue weighted by Gasteiger charge is -2.26. The molecule has 1 aromatic carbocycles. The molecule has 1 fully saturated rings. The number of benzene rings is 1. The van der Waals surface area contributed by atoms with Crippen LogP contribution in [0, 0.1) is 6.92 Å². The van der Waals surface area contributed by atoms with Crippen molar-refractivity contribution in [3.63, 3.8) is 0 Å². The van der Waals surface area contributed by atoms with E-state index in [2.05, 4.69) is 0 Å². The molecule has 2 rings (SSSR count). The van der Waals surface area contributed by atoms with Gasteiger partial charge in [-0.3, -0.25) is 14.5 Å². The van der Waals surface area contributed by atoms with Gasteiger partial charge < -0.3 is 5.11 Å². The Balaban J connectivity index is 2.39. The highest BCUT2D eigenvalue weighted by atomic mass is 16.4. The first-order valence-corrected chi connectivity index (χ1v) is 6.36. The number of hydrogen-bond donors (Lipinski definition) is 1. The molecule has 0 aromatic heterocycles. The quantitative estimate of drug-likeness (QED) is 0.676. The van der Waals surface area contributed by atoms with Gasteiger partial charge in [0, 0.05) is 18.9 Å². The van der Waals surface area contributed by atoms with Crippen LogP contribution in [0.25, 0.3) is 6.08 Å². The number of amides is 2. The molecule has 1 heterocycles. The van der Waals surface area contributed by atoms with E-state index in [1.807, 2.05) is 6.92 Å². The standard InChI is InChI=1S/C15H15NO4/c1-10-5-6-11(7-8-15(19)20)9-12(10)16-13(17)3-2-4-14(16)18/h5-9H,2-4H2,1H3,(H,19,20). The fraction of sp³-hybridized carbons (Fsp3) is 0.267. The van der Waals surface area contributed by atoms with Crippen LogP contribution in [0.5, 0.6) is 0 Å². The predicted octanol–water partition coefficient (Wildman–Crippen LogP) is 2.14. The molecule has 1 N–H and O–H groups in total. The number of nitrogens with zero attached hydrogens (tertiary/aromatic N) is 1. The first-order chi connectivity index (χ1) is 9.49. The molecular weight excluding hydrogens is 258 g/mol. The number of carbonyl (C=O) groups is 3. The summed E-state index contributed by atoms with van der Waals surface area (Å²) in [4.78, 5) is 35.6. The van der Waals surface area contributed by atoms with Crippen molar-refractivity contribution in [2.75, 3.05) is 4.90 Å². The molecule has 0 spiro atoms. The van der Waals surface area contributed by atoms with E-state index < -0.39 is 5.97 Å². The normalized spacial score (nSPS) is 15.9. The van der Waals surface area contributed by atoms with Gasteiger partial charge in [0.05, 0.1) is 5.69 Å². The molecule has 104 valence electrons. The molecule has 0 unspecified atom stereocenters. The zero-order valence-electron chi connectivity index (χ0n) is 11.1. The lowest BCUT2D eigenvalue weighted by Crippen LogP contribution is -2.40. The van der Waals surface area contributed by atoms with E-state index in [-0.39, 0.29) is 11.8 Å². The Kier molecular flexibility index (Phi) is 3.98. The Morgan fingerprint density at radius 1 is 1.25 bits per heavy atom. The molecule has 2 amide bonds. The van der Waals surface area contributed by atoms with Crippen LogP contribution in [0.4, 0.5) is 5.69 Å². The Hall–Kier alpha value is -2.43. The van der Waals surface area contributed by atoms with Gasteiger partial charge in [-0.15, -0.1) is 0 Å². The van der Waals surface area contributed by atoms with Gasteiger partial charge in [-0.2, -0.15) is 0 Å². The van der Waals surface area contributed by atoms with Gasteiger partial charge in [0.1, 0.15) is 0 Å². The van der Waals surface area contributed by atoms with Crippen LogP contribution >= 0.6 is 0 Å². The summed E-state index contributed by atoms with van der Waals surface area (Å²) in [5.74, 6) is -1.45. The maximum atomic E-state index is 11.9. The Morgan fingerprint density at radius 3 is 2.50 bits per heavy atom. The van der Waals surface area contributed by atoms with Crippen molar-refractivity contribution in [2.24, 2.45) is 0 Å². The van der Waals surface area contributed by atoms with Gasteiger partial charge in [0.15, 0.2) is 0 Å². The summed E-state index contributed by atoms with van der Waals surface area (Å²) in [5, 5.41) is 8.63. The lowest BCUT2D eigenvalue weighted by atomic mass is 10.0. The highest BCUT2D eigenvalue weighted by molar-refractivity contribution is 6.16. The summed E-state index contributed by atoms with van der Waals surface area (Å²) >= 11 is 0. The van der Waals surface area contributed by atoms with Crippen LogP contribution in [0.1, 0.15) is 30.4 Å². The summed E-state index contributed by atoms with van der Waals surface area (Å²) < 4.78 is 0. The highest BCUT2D eigenvalue weighted by Crippen LogP contribution is 2.27. The first kappa shape index (κ1) is 14.0. The minimum atomic E-state index is -1.04.